The molecule has 0 heterocycles. The number of phenolic OH excluding ortho intramolecular Hbond substituents is 1. The topological polar surface area (TPSA) is 20.2 Å². The number of quaternary nitrogens is 1. The maximum Gasteiger partial charge on any atom is 0.136 e. The summed E-state index contributed by atoms with van der Waals surface area (Å²) in [4.78, 5) is 0. The highest BCUT2D eigenvalue weighted by Crippen LogP contribution is 2.29. The van der Waals surface area contributed by atoms with Crippen LogP contribution in [0.1, 0.15) is 59.3 Å². The van der Waals surface area contributed by atoms with E-state index in [1.54, 1.807) is 6.07 Å². The number of unbranched alkanes of at least 4 members (excludes halogenated alkanes) is 3. The summed E-state index contributed by atoms with van der Waals surface area (Å²) in [5.41, 5.74) is 1.29. The summed E-state index contributed by atoms with van der Waals surface area (Å²) in [5.74, 6) is 0.398. The Morgan fingerprint density at radius 3 is 1.75 bits per heavy atom. The highest BCUT2D eigenvalue weighted by atomic mass is 16.3. The Morgan fingerprint density at radius 1 is 0.850 bits per heavy atom. The molecule has 0 radical (unpaired) electrons. The summed E-state index contributed by atoms with van der Waals surface area (Å²) in [6.45, 7) is 10.4. The van der Waals surface area contributed by atoms with Crippen LogP contribution < -0.4 is 4.48 Å². The van der Waals surface area contributed by atoms with Gasteiger partial charge in [0.1, 0.15) is 11.4 Å². The van der Waals surface area contributed by atoms with Crippen molar-refractivity contribution in [1.29, 1.82) is 0 Å². The molecule has 0 unspecified atom stereocenters. The van der Waals surface area contributed by atoms with E-state index in [2.05, 4.69) is 26.8 Å². The van der Waals surface area contributed by atoms with E-state index in [0.29, 0.717) is 5.75 Å². The van der Waals surface area contributed by atoms with Crippen molar-refractivity contribution in [3.05, 3.63) is 24.3 Å². The Morgan fingerprint density at radius 2 is 1.35 bits per heavy atom. The van der Waals surface area contributed by atoms with Gasteiger partial charge in [-0.25, -0.2) is 0 Å². The minimum absolute atomic E-state index is 0.398. The number of nitrogens with zero attached hydrogens (tertiary/aromatic N) is 1. The van der Waals surface area contributed by atoms with Crippen molar-refractivity contribution in [2.75, 3.05) is 19.6 Å². The number of aromatic hydroxyl groups is 1. The van der Waals surface area contributed by atoms with Gasteiger partial charge in [0.15, 0.2) is 0 Å². The van der Waals surface area contributed by atoms with Crippen molar-refractivity contribution in [3.8, 4) is 5.75 Å². The lowest BCUT2D eigenvalue weighted by Crippen LogP contribution is -2.51. The van der Waals surface area contributed by atoms with Gasteiger partial charge in [-0.15, -0.1) is 0 Å². The maximum atomic E-state index is 9.84. The SMILES string of the molecule is CCCC[N+](CCCC)(CCCC)c1cccc(O)c1. The molecule has 0 bridgehead atoms. The zero-order valence-electron chi connectivity index (χ0n) is 13.6. The van der Waals surface area contributed by atoms with Crippen molar-refractivity contribution in [2.45, 2.75) is 59.3 Å². The molecular formula is C18H32NO+. The Hall–Kier alpha value is -1.02. The van der Waals surface area contributed by atoms with Gasteiger partial charge in [-0.1, -0.05) is 46.1 Å². The summed E-state index contributed by atoms with van der Waals surface area (Å²) in [6.07, 6.45) is 7.46. The third-order valence-electron chi connectivity index (χ3n) is 4.20. The van der Waals surface area contributed by atoms with E-state index in [9.17, 15) is 5.11 Å². The largest absolute Gasteiger partial charge is 0.508 e. The molecule has 0 spiro atoms. The summed E-state index contributed by atoms with van der Waals surface area (Å²) >= 11 is 0. The molecule has 2 heteroatoms. The summed E-state index contributed by atoms with van der Waals surface area (Å²) < 4.78 is 1.05. The highest BCUT2D eigenvalue weighted by molar-refractivity contribution is 5.47. The first-order valence-electron chi connectivity index (χ1n) is 8.34. The van der Waals surface area contributed by atoms with E-state index < -0.39 is 0 Å². The first-order chi connectivity index (χ1) is 9.68. The fourth-order valence-corrected chi connectivity index (χ4v) is 2.89. The average molecular weight is 278 g/mol. The van der Waals surface area contributed by atoms with Gasteiger partial charge in [0.05, 0.1) is 19.6 Å². The molecule has 0 aromatic heterocycles. The van der Waals surface area contributed by atoms with E-state index in [4.69, 9.17) is 0 Å². The van der Waals surface area contributed by atoms with Crippen LogP contribution in [-0.2, 0) is 0 Å². The van der Waals surface area contributed by atoms with Crippen LogP contribution >= 0.6 is 0 Å². The van der Waals surface area contributed by atoms with E-state index in [0.717, 1.165) is 4.48 Å². The van der Waals surface area contributed by atoms with Gasteiger partial charge in [-0.2, -0.15) is 0 Å². The standard InChI is InChI=1S/C18H31NO/c1-4-7-13-19(14-8-5-2,15-9-6-3)17-11-10-12-18(20)16-17/h10-12,16H,4-9,13-15H2,1-3H3/p+1. The van der Waals surface area contributed by atoms with E-state index in [1.807, 2.05) is 12.1 Å². The third kappa shape index (κ3) is 4.82. The van der Waals surface area contributed by atoms with Gasteiger partial charge in [0.2, 0.25) is 0 Å². The van der Waals surface area contributed by atoms with Crippen LogP contribution in [0.3, 0.4) is 0 Å². The lowest BCUT2D eigenvalue weighted by Gasteiger charge is -2.38. The highest BCUT2D eigenvalue weighted by Gasteiger charge is 2.29. The second-order valence-electron chi connectivity index (χ2n) is 5.90. The summed E-state index contributed by atoms with van der Waals surface area (Å²) in [7, 11) is 0. The van der Waals surface area contributed by atoms with Crippen LogP contribution in [0, 0.1) is 0 Å². The minimum Gasteiger partial charge on any atom is -0.508 e. The predicted octanol–water partition coefficient (Wildman–Crippen LogP) is 5.10. The molecule has 1 aromatic carbocycles. The van der Waals surface area contributed by atoms with Gasteiger partial charge >= 0.3 is 0 Å². The Balaban J connectivity index is 3.04. The Bertz CT molecular complexity index is 354. The minimum atomic E-state index is 0.398. The second kappa shape index (κ2) is 9.02. The quantitative estimate of drug-likeness (QED) is 0.590. The van der Waals surface area contributed by atoms with Crippen LogP contribution in [0.2, 0.25) is 0 Å². The Kier molecular flexibility index (Phi) is 7.68. The number of benzene rings is 1. The smallest absolute Gasteiger partial charge is 0.136 e. The monoisotopic (exact) mass is 278 g/mol. The molecule has 1 N–H and O–H groups in total. The molecule has 0 aliphatic rings. The fraction of sp³-hybridized carbons (Fsp3) is 0.667. The number of phenols is 1. The van der Waals surface area contributed by atoms with Crippen LogP contribution in [0.5, 0.6) is 5.75 Å². The number of hydrogen-bond acceptors (Lipinski definition) is 1. The molecule has 0 saturated heterocycles. The average Bonchev–Trinajstić information content (AvgIpc) is 2.47. The first-order valence-corrected chi connectivity index (χ1v) is 8.34. The predicted molar refractivity (Wildman–Crippen MR) is 89.2 cm³/mol. The molecule has 1 aromatic rings. The fourth-order valence-electron chi connectivity index (χ4n) is 2.89. The molecular weight excluding hydrogens is 246 g/mol. The van der Waals surface area contributed by atoms with E-state index in [-0.39, 0.29) is 0 Å². The van der Waals surface area contributed by atoms with Crippen LogP contribution in [0.25, 0.3) is 0 Å². The van der Waals surface area contributed by atoms with Gasteiger partial charge in [-0.05, 0) is 31.4 Å². The summed E-state index contributed by atoms with van der Waals surface area (Å²) in [6, 6.07) is 7.93. The molecule has 0 aliphatic heterocycles. The third-order valence-corrected chi connectivity index (χ3v) is 4.20. The van der Waals surface area contributed by atoms with Crippen LogP contribution in [-0.4, -0.2) is 24.7 Å². The van der Waals surface area contributed by atoms with Crippen molar-refractivity contribution < 1.29 is 5.11 Å². The number of hydrogen-bond donors (Lipinski definition) is 1. The van der Waals surface area contributed by atoms with E-state index >= 15 is 0 Å². The van der Waals surface area contributed by atoms with Crippen molar-refractivity contribution in [3.63, 3.8) is 0 Å². The molecule has 114 valence electrons. The van der Waals surface area contributed by atoms with Crippen molar-refractivity contribution >= 4 is 5.69 Å². The van der Waals surface area contributed by atoms with Gasteiger partial charge in [-0.3, -0.25) is 4.48 Å². The van der Waals surface area contributed by atoms with Gasteiger partial charge in [0, 0.05) is 6.07 Å². The molecule has 0 saturated carbocycles. The molecule has 0 atom stereocenters. The molecule has 2 nitrogen and oxygen atoms in total. The first kappa shape index (κ1) is 17.0. The maximum absolute atomic E-state index is 9.84. The summed E-state index contributed by atoms with van der Waals surface area (Å²) in [5, 5.41) is 9.84. The molecule has 0 amide bonds. The van der Waals surface area contributed by atoms with Crippen molar-refractivity contribution in [2.24, 2.45) is 0 Å². The lowest BCUT2D eigenvalue weighted by molar-refractivity contribution is 0.259. The van der Waals surface area contributed by atoms with Gasteiger partial charge in [0.25, 0.3) is 0 Å². The second-order valence-corrected chi connectivity index (χ2v) is 5.90. The van der Waals surface area contributed by atoms with Crippen LogP contribution in [0.15, 0.2) is 24.3 Å². The lowest BCUT2D eigenvalue weighted by atomic mass is 10.1. The zero-order valence-corrected chi connectivity index (χ0v) is 13.6. The van der Waals surface area contributed by atoms with E-state index in [1.165, 1.54) is 63.8 Å². The van der Waals surface area contributed by atoms with Crippen LogP contribution in [0.4, 0.5) is 5.69 Å². The Labute approximate surface area is 125 Å². The number of rotatable bonds is 10. The molecule has 1 rings (SSSR count). The zero-order chi connectivity index (χ0) is 14.8. The normalized spacial score (nSPS) is 11.8. The van der Waals surface area contributed by atoms with Gasteiger partial charge < -0.3 is 5.11 Å². The molecule has 0 aliphatic carbocycles. The van der Waals surface area contributed by atoms with Crippen molar-refractivity contribution in [1.82, 2.24) is 4.48 Å². The molecule has 20 heavy (non-hydrogen) atoms. The molecule has 0 fully saturated rings.